The number of aliphatic hydroxyl groups excluding tert-OH is 2. The van der Waals surface area contributed by atoms with Crippen LogP contribution in [-0.4, -0.2) is 39.0 Å². The van der Waals surface area contributed by atoms with Gasteiger partial charge in [0.2, 0.25) is 5.95 Å². The van der Waals surface area contributed by atoms with Crippen LogP contribution in [0.5, 0.6) is 0 Å². The monoisotopic (exact) mass is 226 g/mol. The molecule has 1 aliphatic heterocycles. The van der Waals surface area contributed by atoms with Gasteiger partial charge in [0.05, 0.1) is 18.8 Å². The van der Waals surface area contributed by atoms with Crippen molar-refractivity contribution in [2.75, 3.05) is 18.1 Å². The molecule has 2 rings (SSSR count). The van der Waals surface area contributed by atoms with Gasteiger partial charge in [-0.2, -0.15) is 4.98 Å². The number of aliphatic hydroxyl groups is 2. The van der Waals surface area contributed by atoms with E-state index in [2.05, 4.69) is 9.97 Å². The predicted octanol–water partition coefficient (Wildman–Crippen LogP) is -1.18. The highest BCUT2D eigenvalue weighted by Gasteiger charge is 2.35. The third-order valence-electron chi connectivity index (χ3n) is 2.62. The molecule has 7 heteroatoms. The van der Waals surface area contributed by atoms with Crippen LogP contribution in [0.1, 0.15) is 18.1 Å². The van der Waals surface area contributed by atoms with E-state index in [1.807, 2.05) is 0 Å². The van der Waals surface area contributed by atoms with Crippen molar-refractivity contribution in [1.82, 2.24) is 9.97 Å². The third kappa shape index (κ3) is 1.92. The minimum absolute atomic E-state index is 0.0958. The summed E-state index contributed by atoms with van der Waals surface area (Å²) in [7, 11) is 0. The van der Waals surface area contributed by atoms with Gasteiger partial charge in [-0.1, -0.05) is 0 Å². The second kappa shape index (κ2) is 4.20. The number of rotatable bonds is 2. The molecule has 0 aromatic carbocycles. The van der Waals surface area contributed by atoms with Crippen LogP contribution in [0.2, 0.25) is 0 Å². The van der Waals surface area contributed by atoms with Crippen LogP contribution < -0.4 is 11.5 Å². The molecule has 1 fully saturated rings. The molecule has 1 saturated heterocycles. The first-order valence-corrected chi connectivity index (χ1v) is 4.94. The van der Waals surface area contributed by atoms with Gasteiger partial charge in [-0.05, 0) is 0 Å². The molecule has 0 spiro atoms. The van der Waals surface area contributed by atoms with Gasteiger partial charge in [0.25, 0.3) is 0 Å². The second-order valence-electron chi connectivity index (χ2n) is 3.72. The van der Waals surface area contributed by atoms with Crippen molar-refractivity contribution in [3.8, 4) is 0 Å². The summed E-state index contributed by atoms with van der Waals surface area (Å²) in [6.07, 6.45) is 0.166. The Hall–Kier alpha value is -1.44. The zero-order valence-corrected chi connectivity index (χ0v) is 8.58. The quantitative estimate of drug-likeness (QED) is 0.500. The molecule has 0 aliphatic carbocycles. The van der Waals surface area contributed by atoms with E-state index in [9.17, 15) is 5.11 Å². The number of hydrogen-bond donors (Lipinski definition) is 4. The Morgan fingerprint density at radius 2 is 2.25 bits per heavy atom. The summed E-state index contributed by atoms with van der Waals surface area (Å²) in [4.78, 5) is 7.64. The molecule has 0 amide bonds. The number of anilines is 2. The highest BCUT2D eigenvalue weighted by Crippen LogP contribution is 2.34. The van der Waals surface area contributed by atoms with Crippen LogP contribution in [0.15, 0.2) is 6.20 Å². The van der Waals surface area contributed by atoms with Gasteiger partial charge in [0.1, 0.15) is 11.9 Å². The molecule has 6 N–H and O–H groups in total. The standard InChI is InChI=1S/C9H14N4O3/c10-8-4(2-12-9(11)13-8)6-1-5(15)7(3-14)16-6/h2,5-7,14-15H,1,3H2,(H4,10,11,12,13)/t5-,6?,7+/m0/s1. The number of aromatic nitrogens is 2. The van der Waals surface area contributed by atoms with Crippen molar-refractivity contribution in [2.24, 2.45) is 0 Å². The number of nitrogens with two attached hydrogens (primary N) is 2. The van der Waals surface area contributed by atoms with Crippen molar-refractivity contribution in [1.29, 1.82) is 0 Å². The normalized spacial score (nSPS) is 29.5. The second-order valence-corrected chi connectivity index (χ2v) is 3.72. The summed E-state index contributed by atoms with van der Waals surface area (Å²) in [5.41, 5.74) is 11.6. The fourth-order valence-corrected chi connectivity index (χ4v) is 1.76. The maximum atomic E-state index is 9.57. The van der Waals surface area contributed by atoms with E-state index >= 15 is 0 Å². The van der Waals surface area contributed by atoms with Crippen molar-refractivity contribution in [3.05, 3.63) is 11.8 Å². The van der Waals surface area contributed by atoms with Crippen LogP contribution >= 0.6 is 0 Å². The topological polar surface area (TPSA) is 128 Å². The summed E-state index contributed by atoms with van der Waals surface area (Å²) in [5.74, 6) is 0.335. The molecule has 0 saturated carbocycles. The molecule has 3 atom stereocenters. The van der Waals surface area contributed by atoms with E-state index in [0.717, 1.165) is 0 Å². The summed E-state index contributed by atoms with van der Waals surface area (Å²) < 4.78 is 5.43. The largest absolute Gasteiger partial charge is 0.394 e. The lowest BCUT2D eigenvalue weighted by Gasteiger charge is -2.13. The van der Waals surface area contributed by atoms with E-state index in [0.29, 0.717) is 12.0 Å². The van der Waals surface area contributed by atoms with Crippen LogP contribution in [0.3, 0.4) is 0 Å². The van der Waals surface area contributed by atoms with E-state index in [-0.39, 0.29) is 18.4 Å². The van der Waals surface area contributed by atoms with Crippen LogP contribution in [0, 0.1) is 0 Å². The predicted molar refractivity (Wildman–Crippen MR) is 56.2 cm³/mol. The van der Waals surface area contributed by atoms with Gasteiger partial charge in [0.15, 0.2) is 0 Å². The number of nitrogens with zero attached hydrogens (tertiary/aromatic N) is 2. The van der Waals surface area contributed by atoms with Gasteiger partial charge in [-0.3, -0.25) is 0 Å². The molecule has 0 radical (unpaired) electrons. The average Bonchev–Trinajstić information content (AvgIpc) is 2.59. The summed E-state index contributed by atoms with van der Waals surface area (Å²) >= 11 is 0. The molecule has 1 aliphatic rings. The molecule has 16 heavy (non-hydrogen) atoms. The Balaban J connectivity index is 2.20. The minimum Gasteiger partial charge on any atom is -0.394 e. The van der Waals surface area contributed by atoms with Crippen molar-refractivity contribution >= 4 is 11.8 Å². The Labute approximate surface area is 92.1 Å². The van der Waals surface area contributed by atoms with Gasteiger partial charge in [-0.15, -0.1) is 0 Å². The molecular formula is C9H14N4O3. The first kappa shape index (κ1) is 11.1. The maximum absolute atomic E-state index is 9.57. The lowest BCUT2D eigenvalue weighted by Crippen LogP contribution is -2.24. The van der Waals surface area contributed by atoms with Gasteiger partial charge >= 0.3 is 0 Å². The van der Waals surface area contributed by atoms with E-state index in [1.165, 1.54) is 6.20 Å². The Morgan fingerprint density at radius 1 is 1.50 bits per heavy atom. The minimum atomic E-state index is -0.702. The molecule has 2 heterocycles. The molecule has 1 unspecified atom stereocenters. The van der Waals surface area contributed by atoms with Gasteiger partial charge in [-0.25, -0.2) is 4.98 Å². The van der Waals surface area contributed by atoms with Crippen LogP contribution in [-0.2, 0) is 4.74 Å². The van der Waals surface area contributed by atoms with Gasteiger partial charge < -0.3 is 26.4 Å². The molecule has 0 bridgehead atoms. The summed E-state index contributed by atoms with van der Waals surface area (Å²) in [6.45, 7) is -0.229. The molecule has 7 nitrogen and oxygen atoms in total. The van der Waals surface area contributed by atoms with Crippen molar-refractivity contribution in [2.45, 2.75) is 24.7 Å². The fourth-order valence-electron chi connectivity index (χ4n) is 1.76. The summed E-state index contributed by atoms with van der Waals surface area (Å²) in [6, 6.07) is 0. The third-order valence-corrected chi connectivity index (χ3v) is 2.62. The zero-order valence-electron chi connectivity index (χ0n) is 8.58. The van der Waals surface area contributed by atoms with E-state index < -0.39 is 18.3 Å². The van der Waals surface area contributed by atoms with Crippen LogP contribution in [0.4, 0.5) is 11.8 Å². The SMILES string of the molecule is Nc1ncc(C2C[C@H](O)[C@@H](CO)O2)c(N)n1. The van der Waals surface area contributed by atoms with E-state index in [1.54, 1.807) is 0 Å². The lowest BCUT2D eigenvalue weighted by atomic mass is 10.1. The van der Waals surface area contributed by atoms with Gasteiger partial charge in [0, 0.05) is 18.2 Å². The summed E-state index contributed by atoms with van der Waals surface area (Å²) in [5, 5.41) is 18.5. The Kier molecular flexibility index (Phi) is 2.90. The first-order valence-electron chi connectivity index (χ1n) is 4.94. The number of nitrogen functional groups attached to an aromatic ring is 2. The zero-order chi connectivity index (χ0) is 11.7. The number of hydrogen-bond acceptors (Lipinski definition) is 7. The average molecular weight is 226 g/mol. The molecule has 1 aromatic heterocycles. The van der Waals surface area contributed by atoms with E-state index in [4.69, 9.17) is 21.3 Å². The lowest BCUT2D eigenvalue weighted by molar-refractivity contribution is -0.0225. The van der Waals surface area contributed by atoms with Crippen LogP contribution in [0.25, 0.3) is 0 Å². The van der Waals surface area contributed by atoms with Crippen molar-refractivity contribution < 1.29 is 14.9 Å². The Bertz CT molecular complexity index is 387. The fraction of sp³-hybridized carbons (Fsp3) is 0.556. The maximum Gasteiger partial charge on any atom is 0.221 e. The highest BCUT2D eigenvalue weighted by molar-refractivity contribution is 5.43. The number of ether oxygens (including phenoxy) is 1. The molecular weight excluding hydrogens is 212 g/mol. The first-order chi connectivity index (χ1) is 7.61. The highest BCUT2D eigenvalue weighted by atomic mass is 16.5. The smallest absolute Gasteiger partial charge is 0.221 e. The van der Waals surface area contributed by atoms with Crippen molar-refractivity contribution in [3.63, 3.8) is 0 Å². The Morgan fingerprint density at radius 3 is 2.81 bits per heavy atom. The molecule has 1 aromatic rings. The molecule has 88 valence electrons.